The number of hydrogen-bond acceptors (Lipinski definition) is 9. The first kappa shape index (κ1) is 90.2. The van der Waals surface area contributed by atoms with Crippen molar-refractivity contribution in [2.75, 3.05) is 64.0 Å². The molecule has 0 radical (unpaired) electrons. The van der Waals surface area contributed by atoms with Crippen molar-refractivity contribution in [3.8, 4) is 108 Å². The Hall–Kier alpha value is -17.2. The molecule has 0 unspecified atom stereocenters. The van der Waals surface area contributed by atoms with Gasteiger partial charge in [-0.1, -0.05) is 227 Å². The van der Waals surface area contributed by atoms with Crippen LogP contribution in [0.25, 0.3) is 139 Å². The molecule has 0 saturated carbocycles. The molecule has 5 N–H and O–H groups in total. The van der Waals surface area contributed by atoms with Gasteiger partial charge >= 0.3 is 0 Å². The molecule has 5 heterocycles. The van der Waals surface area contributed by atoms with Crippen molar-refractivity contribution in [3.63, 3.8) is 0 Å². The number of para-hydroxylation sites is 4. The molecule has 20 aromatic rings. The predicted molar refractivity (Wildman–Crippen MR) is 550 cm³/mol. The summed E-state index contributed by atoms with van der Waals surface area (Å²) in [6.45, 7) is 21.4. The summed E-state index contributed by atoms with van der Waals surface area (Å²) in [7, 11) is 14.7. The Bertz CT molecular complexity index is 7510. The van der Waals surface area contributed by atoms with Gasteiger partial charge in [-0.3, -0.25) is 0 Å². The minimum absolute atomic E-state index is 0.252. The van der Waals surface area contributed by atoms with Crippen molar-refractivity contribution in [1.82, 2.24) is 24.9 Å². The number of fused-ring (bicyclic) bond motifs is 5. The first-order valence-corrected chi connectivity index (χ1v) is 43.5. The Balaban J connectivity index is 0.000000122. The smallest absolute Gasteiger partial charge is 0.203 e. The van der Waals surface area contributed by atoms with Crippen molar-refractivity contribution in [3.05, 3.63) is 458 Å². The molecule has 664 valence electrons. The molecule has 15 aromatic carbocycles. The van der Waals surface area contributed by atoms with Crippen LogP contribution in [0.4, 0.5) is 4.39 Å². The van der Waals surface area contributed by atoms with E-state index in [0.29, 0.717) is 28.7 Å². The highest BCUT2D eigenvalue weighted by molar-refractivity contribution is 5.94. The van der Waals surface area contributed by atoms with Gasteiger partial charge in [0.1, 0.15) is 28.8 Å². The van der Waals surface area contributed by atoms with E-state index in [1.165, 1.54) is 33.7 Å². The molecule has 15 heteroatoms. The van der Waals surface area contributed by atoms with Crippen LogP contribution < -0.4 is 42.6 Å². The molecular formula is C119H102FN5O9. The van der Waals surface area contributed by atoms with E-state index < -0.39 is 0 Å². The lowest BCUT2D eigenvalue weighted by atomic mass is 9.96. The fraction of sp³-hybridized carbons (Fsp3) is 0.0756. The summed E-state index contributed by atoms with van der Waals surface area (Å²) in [4.78, 5) is 17.3. The van der Waals surface area contributed by atoms with E-state index >= 15 is 0 Å². The van der Waals surface area contributed by atoms with Crippen LogP contribution in [0.3, 0.4) is 0 Å². The average Bonchev–Trinajstić information content (AvgIpc) is 1.49. The van der Waals surface area contributed by atoms with E-state index in [-0.39, 0.29) is 5.82 Å². The van der Waals surface area contributed by atoms with E-state index in [9.17, 15) is 4.39 Å². The van der Waals surface area contributed by atoms with Crippen LogP contribution in [0.2, 0.25) is 0 Å². The summed E-state index contributed by atoms with van der Waals surface area (Å²) in [6, 6.07) is 122. The fourth-order valence-electron chi connectivity index (χ4n) is 16.2. The average molecular weight is 1770 g/mol. The Labute approximate surface area is 779 Å². The van der Waals surface area contributed by atoms with E-state index in [0.717, 1.165) is 196 Å². The number of ether oxygens (including phenoxy) is 9. The first-order valence-electron chi connectivity index (χ1n) is 43.5. The number of benzene rings is 15. The highest BCUT2D eigenvalue weighted by Crippen LogP contribution is 2.43. The lowest BCUT2D eigenvalue weighted by Gasteiger charge is -2.15. The van der Waals surface area contributed by atoms with Crippen molar-refractivity contribution in [2.24, 2.45) is 0 Å². The van der Waals surface area contributed by atoms with Crippen LogP contribution in [0, 0.1) is 5.82 Å². The van der Waals surface area contributed by atoms with Crippen LogP contribution in [0.5, 0.6) is 51.7 Å². The second-order valence-electron chi connectivity index (χ2n) is 31.8. The molecule has 14 nitrogen and oxygen atoms in total. The zero-order valence-corrected chi connectivity index (χ0v) is 76.2. The molecule has 0 aliphatic carbocycles. The maximum Gasteiger partial charge on any atom is 0.203 e. The Morgan fingerprint density at radius 1 is 0.194 bits per heavy atom. The molecular weight excluding hydrogens is 1660 g/mol. The number of rotatable bonds is 24. The second kappa shape index (κ2) is 41.5. The molecule has 0 atom stereocenters. The summed E-state index contributed by atoms with van der Waals surface area (Å²) in [5.41, 5.74) is 31.3. The summed E-state index contributed by atoms with van der Waals surface area (Å²) >= 11 is 0. The number of hydrogen-bond donors (Lipinski definition) is 5. The van der Waals surface area contributed by atoms with Gasteiger partial charge in [-0.15, -0.1) is 0 Å². The van der Waals surface area contributed by atoms with E-state index in [1.54, 1.807) is 70.1 Å². The van der Waals surface area contributed by atoms with E-state index in [4.69, 9.17) is 42.6 Å². The van der Waals surface area contributed by atoms with Gasteiger partial charge in [0.2, 0.25) is 5.75 Å². The van der Waals surface area contributed by atoms with Crippen LogP contribution in [-0.4, -0.2) is 88.9 Å². The van der Waals surface area contributed by atoms with Crippen LogP contribution in [-0.2, 0) is 0 Å². The minimum Gasteiger partial charge on any atom is -0.497 e. The second-order valence-corrected chi connectivity index (χ2v) is 31.8. The summed E-state index contributed by atoms with van der Waals surface area (Å²) < 4.78 is 61.9. The maximum atomic E-state index is 13.5. The SMILES string of the molecule is C=C(c1cc(OC)cc(OC)c1)c1cccc(-c2cc3ccccc3[nH]2)c1.C=C(c1ccc(OC)cc1)c1cccc(-c2cc3ccccc3[nH]2)c1.C=C(c1cccc(-c2cc3cc(F)ccc3[nH]2)c1)c1cc(OC)c(OC)c(OC)c1.C=C(c1cccc(-c2cc3ccccc3[nH]2)c1)c1ccc(OC)c(OC)c1.C=C(c1cccc(OC)c1)c1cccc(-c2cc3ccccc3[nH]2)c1. The van der Waals surface area contributed by atoms with Crippen molar-refractivity contribution in [2.45, 2.75) is 0 Å². The molecule has 20 rings (SSSR count). The third-order valence-corrected chi connectivity index (χ3v) is 23.6. The largest absolute Gasteiger partial charge is 0.497 e. The Kier molecular flexibility index (Phi) is 27.9. The van der Waals surface area contributed by atoms with Gasteiger partial charge in [-0.05, 0) is 275 Å². The highest BCUT2D eigenvalue weighted by Gasteiger charge is 2.20. The molecule has 0 amide bonds. The third-order valence-electron chi connectivity index (χ3n) is 23.6. The quantitative estimate of drug-likeness (QED) is 0.0396. The normalized spacial score (nSPS) is 10.8. The zero-order chi connectivity index (χ0) is 93.3. The first-order chi connectivity index (χ1) is 65.4. The molecule has 0 fully saturated rings. The van der Waals surface area contributed by atoms with Gasteiger partial charge in [0.15, 0.2) is 23.0 Å². The Morgan fingerprint density at radius 2 is 0.485 bits per heavy atom. The summed E-state index contributed by atoms with van der Waals surface area (Å²) in [5.74, 6) is 6.02. The van der Waals surface area contributed by atoms with Crippen LogP contribution in [0.1, 0.15) is 55.6 Å². The molecule has 0 aliphatic heterocycles. The minimum atomic E-state index is -0.252. The molecule has 5 aromatic heterocycles. The molecule has 0 bridgehead atoms. The topological polar surface area (TPSA) is 162 Å². The van der Waals surface area contributed by atoms with Gasteiger partial charge in [0.25, 0.3) is 0 Å². The number of nitrogens with one attached hydrogen (secondary N) is 5. The van der Waals surface area contributed by atoms with Crippen LogP contribution >= 0.6 is 0 Å². The predicted octanol–water partition coefficient (Wildman–Crippen LogP) is 29.7. The molecule has 0 spiro atoms. The Morgan fingerprint density at radius 3 is 0.836 bits per heavy atom. The van der Waals surface area contributed by atoms with Crippen molar-refractivity contribution >= 4 is 82.4 Å². The van der Waals surface area contributed by atoms with Gasteiger partial charge in [-0.2, -0.15) is 0 Å². The lowest BCUT2D eigenvalue weighted by molar-refractivity contribution is 0.324. The molecule has 0 saturated heterocycles. The number of halogens is 1. The number of aromatic nitrogens is 5. The standard InChI is InChI=1S/C25H22FNO3.2C24H21NO2.2C23H19NO/c1-15(18-13-23(28-2)25(30-4)24(14-18)29-3)16-6-5-7-17(10-16)22-12-19-11-20(26)8-9-21(19)27-22;1-16(20-12-21(26-2)15-22(13-20)27-3)17-8-6-9-18(11-17)24-14-19-7-4-5-10-23(19)25-24;1-16(18-11-12-23(26-2)24(15-18)27-3)17-8-6-9-19(13-17)22-14-20-7-4-5-10-21(20)25-22;1-16(18-9-6-11-21(14-18)25-2)17-8-5-10-19(13-17)23-15-20-7-3-4-12-22(20)24-23;1-16(17-10-12-21(25-2)13-11-17)18-7-5-8-19(14-18)23-15-20-6-3-4-9-22(20)24-23/h5-14,27H,1H2,2-4H3;2*4-15,25H,1H2,2-3H3;2*3-15,24H,1H2,2H3. The van der Waals surface area contributed by atoms with Gasteiger partial charge < -0.3 is 67.6 Å². The molecule has 0 aliphatic rings. The van der Waals surface area contributed by atoms with Crippen molar-refractivity contribution < 1.29 is 47.0 Å². The monoisotopic (exact) mass is 1760 g/mol. The third kappa shape index (κ3) is 20.6. The summed E-state index contributed by atoms with van der Waals surface area (Å²) in [6.07, 6.45) is 0. The van der Waals surface area contributed by atoms with Gasteiger partial charge in [0, 0.05) is 89.1 Å². The number of aromatic amines is 5. The van der Waals surface area contributed by atoms with Crippen molar-refractivity contribution in [1.29, 1.82) is 0 Å². The number of H-pyrrole nitrogens is 5. The zero-order valence-electron chi connectivity index (χ0n) is 76.2. The summed E-state index contributed by atoms with van der Waals surface area (Å²) in [5, 5.41) is 5.68. The van der Waals surface area contributed by atoms with E-state index in [2.05, 4.69) is 252 Å². The maximum absolute atomic E-state index is 13.5. The van der Waals surface area contributed by atoms with E-state index in [1.807, 2.05) is 152 Å². The van der Waals surface area contributed by atoms with Gasteiger partial charge in [0.05, 0.1) is 64.0 Å². The van der Waals surface area contributed by atoms with Gasteiger partial charge in [-0.25, -0.2) is 4.39 Å². The lowest BCUT2D eigenvalue weighted by Crippen LogP contribution is -1.97. The number of methoxy groups -OCH3 is 9. The van der Waals surface area contributed by atoms with Crippen LogP contribution in [0.15, 0.2) is 397 Å². The highest BCUT2D eigenvalue weighted by atomic mass is 19.1. The fourth-order valence-corrected chi connectivity index (χ4v) is 16.2. The molecule has 134 heavy (non-hydrogen) atoms.